The highest BCUT2D eigenvalue weighted by Crippen LogP contribution is 2.42. The SMILES string of the molecule is COc1ccc(N=Nc2ccc3c(S(=O)(=O)Cl)ccc(NC(C)=O)c3c2O)cc1. The van der Waals surface area contributed by atoms with E-state index < -0.39 is 15.0 Å². The smallest absolute Gasteiger partial charge is 0.261 e. The van der Waals surface area contributed by atoms with Crippen molar-refractivity contribution in [3.05, 3.63) is 48.5 Å². The van der Waals surface area contributed by atoms with Gasteiger partial charge >= 0.3 is 0 Å². The summed E-state index contributed by atoms with van der Waals surface area (Å²) in [5.74, 6) is -0.0737. The maximum absolute atomic E-state index is 11.9. The summed E-state index contributed by atoms with van der Waals surface area (Å²) in [4.78, 5) is 11.3. The Hall–Kier alpha value is -3.17. The molecule has 0 atom stereocenters. The van der Waals surface area contributed by atoms with Gasteiger partial charge in [0.1, 0.15) is 11.4 Å². The molecule has 0 aliphatic carbocycles. The number of amides is 1. The van der Waals surface area contributed by atoms with Gasteiger partial charge < -0.3 is 15.2 Å². The van der Waals surface area contributed by atoms with E-state index in [-0.39, 0.29) is 32.8 Å². The average Bonchev–Trinajstić information content (AvgIpc) is 2.66. The zero-order valence-corrected chi connectivity index (χ0v) is 17.0. The Bertz CT molecular complexity index is 1220. The molecule has 0 aliphatic rings. The van der Waals surface area contributed by atoms with Crippen LogP contribution in [0.3, 0.4) is 0 Å². The summed E-state index contributed by atoms with van der Waals surface area (Å²) in [6.45, 7) is 1.29. The molecule has 29 heavy (non-hydrogen) atoms. The number of hydrogen-bond acceptors (Lipinski definition) is 7. The third kappa shape index (κ3) is 4.47. The lowest BCUT2D eigenvalue weighted by Gasteiger charge is -2.12. The normalized spacial score (nSPS) is 11.7. The minimum absolute atomic E-state index is 0.0871. The summed E-state index contributed by atoms with van der Waals surface area (Å²) in [6, 6.07) is 12.2. The predicted molar refractivity (Wildman–Crippen MR) is 110 cm³/mol. The van der Waals surface area contributed by atoms with Crippen LogP contribution in [0.4, 0.5) is 17.1 Å². The summed E-state index contributed by atoms with van der Waals surface area (Å²) < 4.78 is 28.8. The lowest BCUT2D eigenvalue weighted by molar-refractivity contribution is -0.114. The number of fused-ring (bicyclic) bond motifs is 1. The quantitative estimate of drug-likeness (QED) is 0.440. The number of nitrogens with one attached hydrogen (secondary N) is 1. The van der Waals surface area contributed by atoms with Crippen LogP contribution in [-0.4, -0.2) is 26.5 Å². The molecule has 3 aromatic rings. The molecule has 0 aromatic heterocycles. The number of aromatic hydroxyl groups is 1. The monoisotopic (exact) mass is 433 g/mol. The second kappa shape index (κ2) is 8.06. The number of phenols is 1. The van der Waals surface area contributed by atoms with Crippen LogP contribution < -0.4 is 10.1 Å². The molecule has 0 fully saturated rings. The number of carbonyl (C=O) groups excluding carboxylic acids is 1. The molecule has 0 aliphatic heterocycles. The van der Waals surface area contributed by atoms with Gasteiger partial charge in [0.25, 0.3) is 9.05 Å². The largest absolute Gasteiger partial charge is 0.505 e. The molecule has 1 amide bonds. The topological polar surface area (TPSA) is 117 Å². The molecule has 0 saturated carbocycles. The summed E-state index contributed by atoms with van der Waals surface area (Å²) in [6.07, 6.45) is 0. The fourth-order valence-corrected chi connectivity index (χ4v) is 3.80. The van der Waals surface area contributed by atoms with Crippen LogP contribution in [0, 0.1) is 0 Å². The number of methoxy groups -OCH3 is 1. The zero-order valence-electron chi connectivity index (χ0n) is 15.4. The third-order valence-electron chi connectivity index (χ3n) is 4.01. The fraction of sp³-hybridized carbons (Fsp3) is 0.105. The average molecular weight is 434 g/mol. The molecule has 10 heteroatoms. The maximum Gasteiger partial charge on any atom is 0.261 e. The zero-order chi connectivity index (χ0) is 21.2. The standard InChI is InChI=1S/C19H16ClN3O5S/c1-11(24)21-15-9-10-17(29(20,26)27)14-7-8-16(19(25)18(14)15)23-22-12-3-5-13(28-2)6-4-12/h3-10,25H,1-2H3,(H,21,24). The van der Waals surface area contributed by atoms with Gasteiger partial charge in [-0.1, -0.05) is 6.07 Å². The highest BCUT2D eigenvalue weighted by atomic mass is 35.7. The van der Waals surface area contributed by atoms with E-state index in [0.717, 1.165) is 0 Å². The number of ether oxygens (including phenoxy) is 1. The Morgan fingerprint density at radius 2 is 1.76 bits per heavy atom. The van der Waals surface area contributed by atoms with Crippen LogP contribution in [0.2, 0.25) is 0 Å². The van der Waals surface area contributed by atoms with Crippen molar-refractivity contribution >= 4 is 53.5 Å². The number of azo groups is 1. The molecular weight excluding hydrogens is 418 g/mol. The molecule has 0 heterocycles. The summed E-state index contributed by atoms with van der Waals surface area (Å²) in [7, 11) is 2.97. The Morgan fingerprint density at radius 1 is 1.07 bits per heavy atom. The Labute approximate surface area is 171 Å². The van der Waals surface area contributed by atoms with Gasteiger partial charge in [-0.05, 0) is 42.5 Å². The maximum atomic E-state index is 11.9. The van der Waals surface area contributed by atoms with Gasteiger partial charge in [0.2, 0.25) is 5.91 Å². The lowest BCUT2D eigenvalue weighted by atomic mass is 10.1. The predicted octanol–water partition coefficient (Wildman–Crippen LogP) is 4.86. The van der Waals surface area contributed by atoms with Crippen molar-refractivity contribution < 1.29 is 23.1 Å². The number of nitrogens with zero attached hydrogens (tertiary/aromatic N) is 2. The van der Waals surface area contributed by atoms with E-state index in [4.69, 9.17) is 15.4 Å². The first kappa shape index (κ1) is 20.6. The molecule has 3 rings (SSSR count). The second-order valence-corrected chi connectivity index (χ2v) is 8.52. The molecule has 0 bridgehead atoms. The van der Waals surface area contributed by atoms with E-state index in [0.29, 0.717) is 11.4 Å². The summed E-state index contributed by atoms with van der Waals surface area (Å²) in [5, 5.41) is 21.6. The van der Waals surface area contributed by atoms with E-state index >= 15 is 0 Å². The van der Waals surface area contributed by atoms with Crippen molar-refractivity contribution in [3.8, 4) is 11.5 Å². The highest BCUT2D eigenvalue weighted by Gasteiger charge is 2.20. The first-order chi connectivity index (χ1) is 13.7. The van der Waals surface area contributed by atoms with Crippen LogP contribution >= 0.6 is 10.7 Å². The van der Waals surface area contributed by atoms with Crippen molar-refractivity contribution in [1.82, 2.24) is 0 Å². The first-order valence-electron chi connectivity index (χ1n) is 8.27. The minimum atomic E-state index is -4.08. The Kier molecular flexibility index (Phi) is 5.71. The number of halogens is 1. The third-order valence-corrected chi connectivity index (χ3v) is 5.39. The van der Waals surface area contributed by atoms with E-state index in [1.807, 2.05) is 0 Å². The molecule has 8 nitrogen and oxygen atoms in total. The summed E-state index contributed by atoms with van der Waals surface area (Å²) in [5.41, 5.74) is 0.823. The second-order valence-electron chi connectivity index (χ2n) is 5.98. The van der Waals surface area contributed by atoms with Crippen molar-refractivity contribution in [2.75, 3.05) is 12.4 Å². The van der Waals surface area contributed by atoms with Crippen LogP contribution in [0.25, 0.3) is 10.8 Å². The van der Waals surface area contributed by atoms with Gasteiger partial charge in [-0.2, -0.15) is 5.11 Å². The number of hydrogen-bond donors (Lipinski definition) is 2. The number of carbonyl (C=O) groups is 1. The first-order valence-corrected chi connectivity index (χ1v) is 10.6. The van der Waals surface area contributed by atoms with E-state index in [9.17, 15) is 18.3 Å². The molecule has 0 spiro atoms. The summed E-state index contributed by atoms with van der Waals surface area (Å²) >= 11 is 0. The van der Waals surface area contributed by atoms with Crippen LogP contribution in [0.5, 0.6) is 11.5 Å². The van der Waals surface area contributed by atoms with Gasteiger partial charge in [0.15, 0.2) is 5.75 Å². The molecule has 0 saturated heterocycles. The number of phenolic OH excluding ortho intramolecular Hbond substituents is 1. The Morgan fingerprint density at radius 3 is 2.34 bits per heavy atom. The van der Waals surface area contributed by atoms with Crippen molar-refractivity contribution in [3.63, 3.8) is 0 Å². The van der Waals surface area contributed by atoms with E-state index in [1.165, 1.54) is 31.2 Å². The minimum Gasteiger partial charge on any atom is -0.505 e. The van der Waals surface area contributed by atoms with Gasteiger partial charge in [-0.25, -0.2) is 8.42 Å². The lowest BCUT2D eigenvalue weighted by Crippen LogP contribution is -2.07. The molecule has 0 unspecified atom stereocenters. The van der Waals surface area contributed by atoms with Gasteiger partial charge in [-0.15, -0.1) is 5.11 Å². The molecular formula is C19H16ClN3O5S. The number of rotatable bonds is 5. The Balaban J connectivity index is 2.15. The number of anilines is 1. The highest BCUT2D eigenvalue weighted by molar-refractivity contribution is 8.14. The van der Waals surface area contributed by atoms with Crippen LogP contribution in [0.1, 0.15) is 6.92 Å². The molecule has 2 N–H and O–H groups in total. The molecule has 0 radical (unpaired) electrons. The van der Waals surface area contributed by atoms with Gasteiger partial charge in [-0.3, -0.25) is 4.79 Å². The van der Waals surface area contributed by atoms with Gasteiger partial charge in [0.05, 0.1) is 28.8 Å². The van der Waals surface area contributed by atoms with E-state index in [1.54, 1.807) is 31.4 Å². The van der Waals surface area contributed by atoms with Crippen molar-refractivity contribution in [1.29, 1.82) is 0 Å². The fourth-order valence-electron chi connectivity index (χ4n) is 2.74. The van der Waals surface area contributed by atoms with Crippen molar-refractivity contribution in [2.45, 2.75) is 11.8 Å². The van der Waals surface area contributed by atoms with Crippen LogP contribution in [0.15, 0.2) is 63.7 Å². The van der Waals surface area contributed by atoms with E-state index in [2.05, 4.69) is 15.5 Å². The van der Waals surface area contributed by atoms with Crippen molar-refractivity contribution in [2.24, 2.45) is 10.2 Å². The molecule has 150 valence electrons. The number of benzene rings is 3. The molecule has 3 aromatic carbocycles. The van der Waals surface area contributed by atoms with Gasteiger partial charge in [0, 0.05) is 23.0 Å². The van der Waals surface area contributed by atoms with Crippen LogP contribution in [-0.2, 0) is 13.8 Å².